The van der Waals surface area contributed by atoms with Gasteiger partial charge in [0.15, 0.2) is 0 Å². The Hall–Kier alpha value is -2.68. The average Bonchev–Trinajstić information content (AvgIpc) is 2.68. The Balaban J connectivity index is 0.000000749. The van der Waals surface area contributed by atoms with E-state index in [9.17, 15) is 18.0 Å². The molecule has 0 aromatic carbocycles. The lowest BCUT2D eigenvalue weighted by Gasteiger charge is -2.14. The van der Waals surface area contributed by atoms with Crippen LogP contribution in [-0.4, -0.2) is 34.7 Å². The molecule has 6 nitrogen and oxygen atoms in total. The quantitative estimate of drug-likeness (QED) is 0.684. The molecule has 2 atom stereocenters. The van der Waals surface area contributed by atoms with Gasteiger partial charge < -0.3 is 15.8 Å². The van der Waals surface area contributed by atoms with Gasteiger partial charge in [-0.3, -0.25) is 9.78 Å². The van der Waals surface area contributed by atoms with Crippen LogP contribution in [0.2, 0.25) is 0 Å². The van der Waals surface area contributed by atoms with Crippen molar-refractivity contribution >= 4 is 5.91 Å². The number of nitrogens with zero attached hydrogens (tertiary/aromatic N) is 2. The first-order valence-corrected chi connectivity index (χ1v) is 9.20. The monoisotopic (exact) mass is 411 g/mol. The molecular formula is C20H26F3N4O2-. The molecule has 2 rings (SSSR count). The van der Waals surface area contributed by atoms with Crippen LogP contribution in [0, 0.1) is 0 Å². The van der Waals surface area contributed by atoms with Crippen molar-refractivity contribution in [1.29, 1.82) is 0 Å². The molecule has 1 amide bonds. The first kappa shape index (κ1) is 24.4. The van der Waals surface area contributed by atoms with Crippen molar-refractivity contribution in [3.05, 3.63) is 59.7 Å². The molecule has 2 aromatic rings. The predicted octanol–water partition coefficient (Wildman–Crippen LogP) is 5.14. The van der Waals surface area contributed by atoms with Gasteiger partial charge >= 0.3 is 6.18 Å². The minimum atomic E-state index is -4.26. The Morgan fingerprint density at radius 3 is 2.31 bits per heavy atom. The molecule has 2 unspecified atom stereocenters. The van der Waals surface area contributed by atoms with Crippen LogP contribution < -0.4 is 10.1 Å². The fourth-order valence-corrected chi connectivity index (χ4v) is 1.87. The summed E-state index contributed by atoms with van der Waals surface area (Å²) in [6, 6.07) is 6.13. The van der Waals surface area contributed by atoms with Gasteiger partial charge in [-0.05, 0) is 24.6 Å². The number of ether oxygens (including phenoxy) is 1. The summed E-state index contributed by atoms with van der Waals surface area (Å²) in [5, 5.41) is 2.80. The van der Waals surface area contributed by atoms with Gasteiger partial charge in [-0.25, -0.2) is 4.98 Å². The summed E-state index contributed by atoms with van der Waals surface area (Å²) in [5.74, 6) is -0.147. The zero-order chi connectivity index (χ0) is 21.9. The van der Waals surface area contributed by atoms with Crippen LogP contribution in [0.15, 0.2) is 42.9 Å². The molecule has 0 aliphatic rings. The van der Waals surface area contributed by atoms with Gasteiger partial charge in [-0.2, -0.15) is 13.2 Å². The number of aromatic nitrogens is 2. The minimum absolute atomic E-state index is 0.107. The highest BCUT2D eigenvalue weighted by Crippen LogP contribution is 2.20. The van der Waals surface area contributed by atoms with E-state index < -0.39 is 19.2 Å². The summed E-state index contributed by atoms with van der Waals surface area (Å²) >= 11 is 0. The Morgan fingerprint density at radius 1 is 1.21 bits per heavy atom. The molecule has 0 bridgehead atoms. The van der Waals surface area contributed by atoms with Crippen molar-refractivity contribution in [2.75, 3.05) is 6.61 Å². The van der Waals surface area contributed by atoms with E-state index in [-0.39, 0.29) is 23.9 Å². The van der Waals surface area contributed by atoms with Crippen molar-refractivity contribution in [1.82, 2.24) is 15.3 Å². The van der Waals surface area contributed by atoms with Crippen molar-refractivity contribution in [2.45, 2.75) is 51.9 Å². The van der Waals surface area contributed by atoms with E-state index >= 15 is 0 Å². The molecule has 0 saturated carbocycles. The van der Waals surface area contributed by atoms with Crippen LogP contribution in [0.3, 0.4) is 0 Å². The SMILES string of the molecule is CC(NC(=O)c1ccncc1)c1ccc(OCCC(F)(F)F)nc1.CCC(C)[NH-]. The zero-order valence-corrected chi connectivity index (χ0v) is 16.7. The molecule has 0 aliphatic carbocycles. The number of amides is 1. The normalized spacial score (nSPS) is 12.9. The molecule has 2 aromatic heterocycles. The molecule has 0 saturated heterocycles. The van der Waals surface area contributed by atoms with Crippen LogP contribution in [0.25, 0.3) is 5.73 Å². The van der Waals surface area contributed by atoms with Gasteiger partial charge in [0.2, 0.25) is 5.88 Å². The summed E-state index contributed by atoms with van der Waals surface area (Å²) in [4.78, 5) is 19.8. The van der Waals surface area contributed by atoms with Crippen LogP contribution >= 0.6 is 0 Å². The number of halogens is 3. The second kappa shape index (κ2) is 12.0. The number of rotatable bonds is 7. The first-order valence-electron chi connectivity index (χ1n) is 9.20. The minimum Gasteiger partial charge on any atom is -0.675 e. The Bertz CT molecular complexity index is 723. The first-order chi connectivity index (χ1) is 13.6. The molecule has 9 heteroatoms. The van der Waals surface area contributed by atoms with E-state index in [4.69, 9.17) is 10.5 Å². The third-order valence-electron chi connectivity index (χ3n) is 3.80. The molecule has 2 heterocycles. The highest BCUT2D eigenvalue weighted by molar-refractivity contribution is 5.94. The molecule has 29 heavy (non-hydrogen) atoms. The van der Waals surface area contributed by atoms with Gasteiger partial charge in [0, 0.05) is 30.2 Å². The number of nitrogens with one attached hydrogen (secondary N) is 2. The second-order valence-electron chi connectivity index (χ2n) is 6.38. The fourth-order valence-electron chi connectivity index (χ4n) is 1.87. The van der Waals surface area contributed by atoms with Gasteiger partial charge in [-0.1, -0.05) is 26.3 Å². The highest BCUT2D eigenvalue weighted by atomic mass is 19.4. The van der Waals surface area contributed by atoms with Gasteiger partial charge in [0.25, 0.3) is 5.91 Å². The summed E-state index contributed by atoms with van der Waals surface area (Å²) < 4.78 is 41.1. The lowest BCUT2D eigenvalue weighted by molar-refractivity contribution is -0.139. The molecule has 2 N–H and O–H groups in total. The van der Waals surface area contributed by atoms with E-state index in [0.29, 0.717) is 11.1 Å². The number of hydrogen-bond donors (Lipinski definition) is 1. The third kappa shape index (κ3) is 10.4. The van der Waals surface area contributed by atoms with Gasteiger partial charge in [0.05, 0.1) is 19.1 Å². The topological polar surface area (TPSA) is 87.9 Å². The summed E-state index contributed by atoms with van der Waals surface area (Å²) in [6.07, 6.45) is 0.184. The van der Waals surface area contributed by atoms with Crippen LogP contribution in [0.5, 0.6) is 5.88 Å². The summed E-state index contributed by atoms with van der Waals surface area (Å²) in [5.41, 5.74) is 8.02. The number of hydrogen-bond acceptors (Lipinski definition) is 4. The molecule has 160 valence electrons. The lowest BCUT2D eigenvalue weighted by Crippen LogP contribution is -2.26. The molecule has 0 radical (unpaired) electrons. The van der Waals surface area contributed by atoms with Crippen molar-refractivity contribution in [2.24, 2.45) is 0 Å². The largest absolute Gasteiger partial charge is 0.675 e. The van der Waals surface area contributed by atoms with E-state index in [0.717, 1.165) is 6.42 Å². The van der Waals surface area contributed by atoms with E-state index in [1.165, 1.54) is 24.7 Å². The third-order valence-corrected chi connectivity index (χ3v) is 3.80. The lowest BCUT2D eigenvalue weighted by atomic mass is 10.1. The molecule has 0 spiro atoms. The predicted molar refractivity (Wildman–Crippen MR) is 105 cm³/mol. The highest BCUT2D eigenvalue weighted by Gasteiger charge is 2.26. The van der Waals surface area contributed by atoms with Crippen molar-refractivity contribution in [3.63, 3.8) is 0 Å². The van der Waals surface area contributed by atoms with E-state index in [1.807, 2.05) is 13.8 Å². The smallest absolute Gasteiger partial charge is 0.392 e. The van der Waals surface area contributed by atoms with Crippen LogP contribution in [-0.2, 0) is 0 Å². The molecule has 0 fully saturated rings. The molecule has 0 aliphatic heterocycles. The number of pyridine rings is 2. The Labute approximate surface area is 168 Å². The maximum Gasteiger partial charge on any atom is 0.392 e. The number of carbonyl (C=O) groups excluding carboxylic acids is 1. The van der Waals surface area contributed by atoms with E-state index in [1.54, 1.807) is 25.1 Å². The van der Waals surface area contributed by atoms with Gasteiger partial charge in [0.1, 0.15) is 0 Å². The standard InChI is InChI=1S/C16H16F3N3O2.C4H10N/c1-11(22-15(23)12-4-7-20-8-5-12)13-2-3-14(21-10-13)24-9-6-16(17,18)19;1-3-4(2)5/h2-5,7-8,10-11H,6,9H2,1H3,(H,22,23);4-5H,3H2,1-2H3/q;-1. The Kier molecular flexibility index (Phi) is 10.1. The van der Waals surface area contributed by atoms with Gasteiger partial charge in [-0.15, -0.1) is 6.04 Å². The van der Waals surface area contributed by atoms with Crippen molar-refractivity contribution < 1.29 is 22.7 Å². The fraction of sp³-hybridized carbons (Fsp3) is 0.450. The maximum absolute atomic E-state index is 12.0. The number of alkyl halides is 3. The maximum atomic E-state index is 12.0. The van der Waals surface area contributed by atoms with Crippen LogP contribution in [0.4, 0.5) is 13.2 Å². The average molecular weight is 411 g/mol. The summed E-state index contributed by atoms with van der Waals surface area (Å²) in [6.45, 7) is 5.20. The van der Waals surface area contributed by atoms with Crippen LogP contribution in [0.1, 0.15) is 55.6 Å². The second-order valence-corrected chi connectivity index (χ2v) is 6.38. The van der Waals surface area contributed by atoms with E-state index in [2.05, 4.69) is 15.3 Å². The zero-order valence-electron chi connectivity index (χ0n) is 16.7. The Morgan fingerprint density at radius 2 is 1.83 bits per heavy atom. The summed E-state index contributed by atoms with van der Waals surface area (Å²) in [7, 11) is 0. The number of carbonyl (C=O) groups is 1. The molecular weight excluding hydrogens is 385 g/mol. The van der Waals surface area contributed by atoms with Crippen molar-refractivity contribution in [3.8, 4) is 5.88 Å².